The predicted octanol–water partition coefficient (Wildman–Crippen LogP) is 2.32. The standard InChI is InChI=1S/C11H12N2S/c12-13-14-8-4-7-11(14)9-10-5-2-1-3-6-10/h1-8H,9,12H2. The van der Waals surface area contributed by atoms with Gasteiger partial charge in [-0.15, -0.1) is 0 Å². The van der Waals surface area contributed by atoms with Crippen molar-refractivity contribution in [3.8, 4) is 0 Å². The lowest BCUT2D eigenvalue weighted by Crippen LogP contribution is -1.95. The van der Waals surface area contributed by atoms with Gasteiger partial charge >= 0.3 is 0 Å². The van der Waals surface area contributed by atoms with Gasteiger partial charge in [0.2, 0.25) is 0 Å². The molecule has 1 aromatic carbocycles. The van der Waals surface area contributed by atoms with Crippen LogP contribution in [0.2, 0.25) is 0 Å². The molecule has 1 aromatic rings. The first-order valence-electron chi connectivity index (χ1n) is 4.45. The lowest BCUT2D eigenvalue weighted by Gasteiger charge is -2.03. The van der Waals surface area contributed by atoms with Gasteiger partial charge in [-0.3, -0.25) is 0 Å². The Hall–Kier alpha value is -1.19. The Labute approximate surface area is 86.2 Å². The molecule has 0 spiro atoms. The minimum absolute atomic E-state index is 0.189. The van der Waals surface area contributed by atoms with Crippen molar-refractivity contribution in [2.45, 2.75) is 6.42 Å². The Bertz CT molecular complexity index is 405. The highest BCUT2D eigenvalue weighted by molar-refractivity contribution is 7.94. The van der Waals surface area contributed by atoms with Gasteiger partial charge in [0, 0.05) is 11.3 Å². The SMILES string of the molecule is NN=S1C=CC=C1Cc1ccccc1. The third-order valence-corrected chi connectivity index (χ3v) is 3.55. The normalized spacial score (nSPS) is 20.1. The van der Waals surface area contributed by atoms with Crippen molar-refractivity contribution in [2.75, 3.05) is 0 Å². The molecule has 0 saturated carbocycles. The van der Waals surface area contributed by atoms with E-state index in [9.17, 15) is 0 Å². The van der Waals surface area contributed by atoms with E-state index in [1.807, 2.05) is 17.6 Å². The molecule has 1 heterocycles. The third kappa shape index (κ3) is 2.00. The van der Waals surface area contributed by atoms with Crippen molar-refractivity contribution >= 4 is 10.7 Å². The number of benzene rings is 1. The molecule has 3 heteroatoms. The molecule has 1 unspecified atom stereocenters. The van der Waals surface area contributed by atoms with Gasteiger partial charge in [-0.2, -0.15) is 4.47 Å². The van der Waals surface area contributed by atoms with E-state index in [2.05, 4.69) is 34.8 Å². The molecule has 72 valence electrons. The second-order valence-corrected chi connectivity index (χ2v) is 4.68. The summed E-state index contributed by atoms with van der Waals surface area (Å²) in [6, 6.07) is 10.4. The maximum atomic E-state index is 5.32. The summed E-state index contributed by atoms with van der Waals surface area (Å²) in [4.78, 5) is 1.29. The molecule has 0 aliphatic carbocycles. The Morgan fingerprint density at radius 3 is 2.71 bits per heavy atom. The van der Waals surface area contributed by atoms with Crippen LogP contribution < -0.4 is 5.84 Å². The lowest BCUT2D eigenvalue weighted by molar-refractivity contribution is 1.24. The van der Waals surface area contributed by atoms with Crippen molar-refractivity contribution in [1.82, 2.24) is 0 Å². The zero-order chi connectivity index (χ0) is 9.80. The minimum atomic E-state index is -0.189. The van der Waals surface area contributed by atoms with Gasteiger partial charge in [0.15, 0.2) is 0 Å². The van der Waals surface area contributed by atoms with E-state index in [1.54, 1.807) is 0 Å². The van der Waals surface area contributed by atoms with Gasteiger partial charge in [0.1, 0.15) is 0 Å². The molecule has 0 bridgehead atoms. The third-order valence-electron chi connectivity index (χ3n) is 2.09. The van der Waals surface area contributed by atoms with Crippen molar-refractivity contribution in [3.63, 3.8) is 0 Å². The van der Waals surface area contributed by atoms with Crippen molar-refractivity contribution in [1.29, 1.82) is 0 Å². The molecule has 2 rings (SSSR count). The van der Waals surface area contributed by atoms with Crippen molar-refractivity contribution in [2.24, 2.45) is 10.3 Å². The molecule has 0 aromatic heterocycles. The van der Waals surface area contributed by atoms with Crippen LogP contribution in [0, 0.1) is 0 Å². The monoisotopic (exact) mass is 204 g/mol. The number of nitrogens with two attached hydrogens (primary N) is 1. The topological polar surface area (TPSA) is 38.4 Å². The molecule has 2 nitrogen and oxygen atoms in total. The summed E-state index contributed by atoms with van der Waals surface area (Å²) in [5, 5.41) is 2.04. The molecule has 0 saturated heterocycles. The Kier molecular flexibility index (Phi) is 2.91. The summed E-state index contributed by atoms with van der Waals surface area (Å²) < 4.78 is 3.84. The van der Waals surface area contributed by atoms with Gasteiger partial charge in [-0.25, -0.2) is 5.84 Å². The fourth-order valence-corrected chi connectivity index (χ4v) is 2.55. The molecule has 14 heavy (non-hydrogen) atoms. The summed E-state index contributed by atoms with van der Waals surface area (Å²) in [6.07, 6.45) is 5.07. The summed E-state index contributed by atoms with van der Waals surface area (Å²) in [6.45, 7) is 0. The average Bonchev–Trinajstić information content (AvgIpc) is 2.67. The minimum Gasteiger partial charge on any atom is -0.220 e. The van der Waals surface area contributed by atoms with E-state index in [0.717, 1.165) is 6.42 Å². The maximum Gasteiger partial charge on any atom is 0.00611 e. The lowest BCUT2D eigenvalue weighted by atomic mass is 10.1. The number of hydrogen-bond acceptors (Lipinski definition) is 1. The van der Waals surface area contributed by atoms with E-state index in [0.29, 0.717) is 0 Å². The van der Waals surface area contributed by atoms with E-state index in [1.165, 1.54) is 10.5 Å². The first-order valence-corrected chi connectivity index (χ1v) is 5.70. The van der Waals surface area contributed by atoms with Gasteiger partial charge in [-0.1, -0.05) is 42.5 Å². The smallest absolute Gasteiger partial charge is 0.00611 e. The van der Waals surface area contributed by atoms with Gasteiger partial charge in [0.05, 0.1) is 0 Å². The second kappa shape index (κ2) is 4.35. The predicted molar refractivity (Wildman–Crippen MR) is 61.3 cm³/mol. The first-order chi connectivity index (χ1) is 6.90. The van der Waals surface area contributed by atoms with Gasteiger partial charge in [-0.05, 0) is 21.7 Å². The van der Waals surface area contributed by atoms with Crippen LogP contribution in [-0.4, -0.2) is 0 Å². The zero-order valence-corrected chi connectivity index (χ0v) is 8.58. The highest BCUT2D eigenvalue weighted by atomic mass is 32.2. The quantitative estimate of drug-likeness (QED) is 0.582. The summed E-state index contributed by atoms with van der Waals surface area (Å²) in [5.41, 5.74) is 1.31. The number of hydrogen-bond donors (Lipinski definition) is 1. The highest BCUT2D eigenvalue weighted by Gasteiger charge is 2.06. The van der Waals surface area contributed by atoms with Crippen LogP contribution in [0.1, 0.15) is 5.56 Å². The van der Waals surface area contributed by atoms with Crippen LogP contribution in [-0.2, 0) is 17.1 Å². The van der Waals surface area contributed by atoms with E-state index < -0.39 is 0 Å². The Morgan fingerprint density at radius 1 is 1.21 bits per heavy atom. The fraction of sp³-hybridized carbons (Fsp3) is 0.0909. The molecular weight excluding hydrogens is 192 g/mol. The van der Waals surface area contributed by atoms with Crippen LogP contribution in [0.5, 0.6) is 0 Å². The Morgan fingerprint density at radius 2 is 2.00 bits per heavy atom. The average molecular weight is 204 g/mol. The molecule has 0 fully saturated rings. The highest BCUT2D eigenvalue weighted by Crippen LogP contribution is 2.18. The molecule has 1 atom stereocenters. The van der Waals surface area contributed by atoms with Crippen LogP contribution in [0.4, 0.5) is 0 Å². The largest absolute Gasteiger partial charge is 0.220 e. The molecular formula is C11H12N2S. The van der Waals surface area contributed by atoms with Crippen LogP contribution in [0.25, 0.3) is 0 Å². The Balaban J connectivity index is 2.14. The van der Waals surface area contributed by atoms with E-state index >= 15 is 0 Å². The van der Waals surface area contributed by atoms with Gasteiger partial charge < -0.3 is 0 Å². The summed E-state index contributed by atoms with van der Waals surface area (Å²) >= 11 is 0. The summed E-state index contributed by atoms with van der Waals surface area (Å²) in [5.74, 6) is 5.32. The van der Waals surface area contributed by atoms with E-state index in [4.69, 9.17) is 5.84 Å². The van der Waals surface area contributed by atoms with Crippen molar-refractivity contribution in [3.05, 3.63) is 58.4 Å². The zero-order valence-electron chi connectivity index (χ0n) is 7.76. The first kappa shape index (κ1) is 9.37. The van der Waals surface area contributed by atoms with Crippen molar-refractivity contribution < 1.29 is 0 Å². The molecule has 0 amide bonds. The second-order valence-electron chi connectivity index (χ2n) is 3.04. The molecule has 1 aliphatic rings. The van der Waals surface area contributed by atoms with Crippen LogP contribution in [0.15, 0.2) is 57.3 Å². The number of rotatable bonds is 2. The molecule has 2 N–H and O–H groups in total. The fourth-order valence-electron chi connectivity index (χ4n) is 1.41. The van der Waals surface area contributed by atoms with E-state index in [-0.39, 0.29) is 10.7 Å². The molecule has 1 aliphatic heterocycles. The number of nitrogens with zero attached hydrogens (tertiary/aromatic N) is 1. The van der Waals surface area contributed by atoms with Gasteiger partial charge in [0.25, 0.3) is 0 Å². The molecule has 0 radical (unpaired) electrons. The van der Waals surface area contributed by atoms with Crippen LogP contribution >= 0.6 is 0 Å². The summed E-state index contributed by atoms with van der Waals surface area (Å²) in [7, 11) is -0.189. The number of allylic oxidation sites excluding steroid dienone is 3. The van der Waals surface area contributed by atoms with Crippen LogP contribution in [0.3, 0.4) is 0 Å². The maximum absolute atomic E-state index is 5.32.